The van der Waals surface area contributed by atoms with Crippen LogP contribution in [-0.2, 0) is 11.8 Å². The van der Waals surface area contributed by atoms with E-state index in [4.69, 9.17) is 5.11 Å². The van der Waals surface area contributed by atoms with Crippen LogP contribution in [0, 0.1) is 5.41 Å². The molecule has 1 heterocycles. The molecule has 0 saturated heterocycles. The van der Waals surface area contributed by atoms with Gasteiger partial charge in [0.25, 0.3) is 5.91 Å². The number of carbonyl (C=O) groups is 2. The van der Waals surface area contributed by atoms with Gasteiger partial charge in [0.2, 0.25) is 0 Å². The largest absolute Gasteiger partial charge is 0.481 e. The zero-order valence-electron chi connectivity index (χ0n) is 12.1. The molecule has 112 valence electrons. The molecule has 0 aliphatic carbocycles. The zero-order valence-corrected chi connectivity index (χ0v) is 12.1. The SMILES string of the molecule is Cn1c(=O)[nH]c2ccc(C(=O)NCC(C)(C)C(=O)O)cc21. The molecule has 0 saturated carbocycles. The summed E-state index contributed by atoms with van der Waals surface area (Å²) in [7, 11) is 1.61. The third-order valence-corrected chi connectivity index (χ3v) is 3.44. The number of aliphatic carboxylic acids is 1. The highest BCUT2D eigenvalue weighted by atomic mass is 16.4. The first-order valence-corrected chi connectivity index (χ1v) is 6.43. The summed E-state index contributed by atoms with van der Waals surface area (Å²) in [4.78, 5) is 37.2. The molecule has 0 aliphatic heterocycles. The number of nitrogens with zero attached hydrogens (tertiary/aromatic N) is 1. The molecule has 3 N–H and O–H groups in total. The van der Waals surface area contributed by atoms with Gasteiger partial charge >= 0.3 is 11.7 Å². The minimum absolute atomic E-state index is 0.0191. The first-order chi connectivity index (χ1) is 9.72. The van der Waals surface area contributed by atoms with Crippen LogP contribution in [0.25, 0.3) is 11.0 Å². The van der Waals surface area contributed by atoms with E-state index in [2.05, 4.69) is 10.3 Å². The highest BCUT2D eigenvalue weighted by Crippen LogP contribution is 2.15. The van der Waals surface area contributed by atoms with Crippen LogP contribution in [-0.4, -0.2) is 33.1 Å². The Morgan fingerprint density at radius 1 is 1.38 bits per heavy atom. The van der Waals surface area contributed by atoms with Crippen LogP contribution in [0.15, 0.2) is 23.0 Å². The number of hydrogen-bond acceptors (Lipinski definition) is 3. The third-order valence-electron chi connectivity index (χ3n) is 3.44. The number of carboxylic acid groups (broad SMARTS) is 1. The average Bonchev–Trinajstić information content (AvgIpc) is 2.71. The van der Waals surface area contributed by atoms with Gasteiger partial charge < -0.3 is 15.4 Å². The number of amides is 1. The van der Waals surface area contributed by atoms with Crippen LogP contribution in [0.1, 0.15) is 24.2 Å². The molecule has 21 heavy (non-hydrogen) atoms. The van der Waals surface area contributed by atoms with Gasteiger partial charge in [-0.2, -0.15) is 0 Å². The molecule has 0 spiro atoms. The maximum Gasteiger partial charge on any atom is 0.326 e. The summed E-state index contributed by atoms with van der Waals surface area (Å²) >= 11 is 0. The zero-order chi connectivity index (χ0) is 15.8. The molecule has 2 rings (SSSR count). The fraction of sp³-hybridized carbons (Fsp3) is 0.357. The molecular weight excluding hydrogens is 274 g/mol. The molecule has 0 aliphatic rings. The van der Waals surface area contributed by atoms with Crippen molar-refractivity contribution in [3.63, 3.8) is 0 Å². The number of carboxylic acids is 1. The maximum atomic E-state index is 12.1. The maximum absolute atomic E-state index is 12.1. The van der Waals surface area contributed by atoms with Gasteiger partial charge in [0, 0.05) is 19.2 Å². The summed E-state index contributed by atoms with van der Waals surface area (Å²) < 4.78 is 1.41. The number of fused-ring (bicyclic) bond motifs is 1. The Kier molecular flexibility index (Phi) is 3.59. The molecule has 0 atom stereocenters. The summed E-state index contributed by atoms with van der Waals surface area (Å²) in [5, 5.41) is 11.6. The predicted molar refractivity (Wildman–Crippen MR) is 77.3 cm³/mol. The molecule has 0 fully saturated rings. The second-order valence-corrected chi connectivity index (χ2v) is 5.59. The molecule has 1 amide bonds. The number of benzene rings is 1. The van der Waals surface area contributed by atoms with Crippen molar-refractivity contribution in [3.05, 3.63) is 34.2 Å². The van der Waals surface area contributed by atoms with Gasteiger partial charge in [0.05, 0.1) is 16.4 Å². The van der Waals surface area contributed by atoms with E-state index >= 15 is 0 Å². The standard InChI is InChI=1S/C14H17N3O4/c1-14(2,12(19)20)7-15-11(18)8-4-5-9-10(6-8)17(3)13(21)16-9/h4-6H,7H2,1-3H3,(H,15,18)(H,16,21)(H,19,20). The summed E-state index contributed by atoms with van der Waals surface area (Å²) in [5.41, 5.74) is 0.337. The second kappa shape index (κ2) is 5.08. The molecule has 0 bridgehead atoms. The minimum Gasteiger partial charge on any atom is -0.481 e. The second-order valence-electron chi connectivity index (χ2n) is 5.59. The summed E-state index contributed by atoms with van der Waals surface area (Å²) in [6.07, 6.45) is 0. The van der Waals surface area contributed by atoms with Crippen LogP contribution in [0.3, 0.4) is 0 Å². The lowest BCUT2D eigenvalue weighted by Crippen LogP contribution is -2.38. The van der Waals surface area contributed by atoms with Crippen molar-refractivity contribution in [2.45, 2.75) is 13.8 Å². The molecule has 1 aromatic carbocycles. The Hall–Kier alpha value is -2.57. The van der Waals surface area contributed by atoms with Gasteiger partial charge in [-0.3, -0.25) is 14.2 Å². The number of hydrogen-bond donors (Lipinski definition) is 3. The van der Waals surface area contributed by atoms with E-state index in [9.17, 15) is 14.4 Å². The lowest BCUT2D eigenvalue weighted by molar-refractivity contribution is -0.146. The Morgan fingerprint density at radius 2 is 2.05 bits per heavy atom. The van der Waals surface area contributed by atoms with Crippen molar-refractivity contribution in [1.29, 1.82) is 0 Å². The average molecular weight is 291 g/mol. The van der Waals surface area contributed by atoms with E-state index in [-0.39, 0.29) is 18.1 Å². The highest BCUT2D eigenvalue weighted by molar-refractivity contribution is 5.97. The van der Waals surface area contributed by atoms with Crippen molar-refractivity contribution < 1.29 is 14.7 Å². The lowest BCUT2D eigenvalue weighted by Gasteiger charge is -2.19. The van der Waals surface area contributed by atoms with Gasteiger partial charge in [0.15, 0.2) is 0 Å². The smallest absolute Gasteiger partial charge is 0.326 e. The molecular formula is C14H17N3O4. The van der Waals surface area contributed by atoms with Crippen LogP contribution < -0.4 is 11.0 Å². The first kappa shape index (κ1) is 14.8. The van der Waals surface area contributed by atoms with E-state index in [1.807, 2.05) is 0 Å². The van der Waals surface area contributed by atoms with Gasteiger partial charge in [0.1, 0.15) is 0 Å². The summed E-state index contributed by atoms with van der Waals surface area (Å²) in [6.45, 7) is 3.09. The molecule has 7 nitrogen and oxygen atoms in total. The van der Waals surface area contributed by atoms with Crippen molar-refractivity contribution in [1.82, 2.24) is 14.9 Å². The first-order valence-electron chi connectivity index (χ1n) is 6.43. The number of carbonyl (C=O) groups excluding carboxylic acids is 1. The lowest BCUT2D eigenvalue weighted by atomic mass is 9.94. The Bertz CT molecular complexity index is 770. The van der Waals surface area contributed by atoms with Gasteiger partial charge in [-0.1, -0.05) is 0 Å². The van der Waals surface area contributed by atoms with Gasteiger partial charge in [-0.15, -0.1) is 0 Å². The van der Waals surface area contributed by atoms with Crippen molar-refractivity contribution >= 4 is 22.9 Å². The van der Waals surface area contributed by atoms with E-state index < -0.39 is 11.4 Å². The van der Waals surface area contributed by atoms with Crippen LogP contribution >= 0.6 is 0 Å². The van der Waals surface area contributed by atoms with Gasteiger partial charge in [-0.25, -0.2) is 4.79 Å². The van der Waals surface area contributed by atoms with E-state index in [1.165, 1.54) is 18.4 Å². The fourth-order valence-corrected chi connectivity index (χ4v) is 1.84. The van der Waals surface area contributed by atoms with Crippen LogP contribution in [0.4, 0.5) is 0 Å². The Labute approximate surface area is 120 Å². The van der Waals surface area contributed by atoms with Crippen LogP contribution in [0.2, 0.25) is 0 Å². The number of rotatable bonds is 4. The molecule has 1 aromatic heterocycles. The van der Waals surface area contributed by atoms with Crippen LogP contribution in [0.5, 0.6) is 0 Å². The Balaban J connectivity index is 2.22. The monoisotopic (exact) mass is 291 g/mol. The molecule has 2 aromatic rings. The topological polar surface area (TPSA) is 104 Å². The number of aromatic nitrogens is 2. The number of imidazole rings is 1. The summed E-state index contributed by atoms with van der Waals surface area (Å²) in [6, 6.07) is 4.83. The van der Waals surface area contributed by atoms with Crippen molar-refractivity contribution in [2.24, 2.45) is 12.5 Å². The molecule has 7 heteroatoms. The van der Waals surface area contributed by atoms with E-state index in [0.717, 1.165) is 0 Å². The van der Waals surface area contributed by atoms with E-state index in [1.54, 1.807) is 25.2 Å². The Morgan fingerprint density at radius 3 is 2.67 bits per heavy atom. The predicted octanol–water partition coefficient (Wildman–Crippen LogP) is 0.707. The number of nitrogens with one attached hydrogen (secondary N) is 2. The van der Waals surface area contributed by atoms with E-state index in [0.29, 0.717) is 16.6 Å². The number of aryl methyl sites for hydroxylation is 1. The highest BCUT2D eigenvalue weighted by Gasteiger charge is 2.27. The normalized spacial score (nSPS) is 11.6. The molecule has 0 unspecified atom stereocenters. The minimum atomic E-state index is -1.04. The number of aromatic amines is 1. The van der Waals surface area contributed by atoms with Crippen molar-refractivity contribution in [2.75, 3.05) is 6.54 Å². The van der Waals surface area contributed by atoms with Gasteiger partial charge in [-0.05, 0) is 32.0 Å². The quantitative estimate of drug-likeness (QED) is 0.771. The molecule has 0 radical (unpaired) electrons. The van der Waals surface area contributed by atoms with Crippen molar-refractivity contribution in [3.8, 4) is 0 Å². The fourth-order valence-electron chi connectivity index (χ4n) is 1.84. The summed E-state index contributed by atoms with van der Waals surface area (Å²) in [5.74, 6) is -1.36. The third kappa shape index (κ3) is 2.81. The number of H-pyrrole nitrogens is 1.